The number of amides is 1. The highest BCUT2D eigenvalue weighted by Crippen LogP contribution is 2.42. The van der Waals surface area contributed by atoms with Crippen LogP contribution in [0.25, 0.3) is 17.0 Å². The number of hydrogen-bond donors (Lipinski definition) is 1. The first kappa shape index (κ1) is 19.3. The van der Waals surface area contributed by atoms with Crippen molar-refractivity contribution >= 4 is 34.5 Å². The van der Waals surface area contributed by atoms with Gasteiger partial charge in [-0.15, -0.1) is 8.78 Å². The quantitative estimate of drug-likeness (QED) is 0.507. The molecule has 0 saturated carbocycles. The summed E-state index contributed by atoms with van der Waals surface area (Å²) in [6, 6.07) is 14.9. The van der Waals surface area contributed by atoms with E-state index in [1.807, 2.05) is 30.3 Å². The molecule has 2 aromatic carbocycles. The van der Waals surface area contributed by atoms with Crippen LogP contribution in [0.5, 0.6) is 11.5 Å². The molecule has 4 rings (SSSR count). The molecule has 3 aromatic rings. The van der Waals surface area contributed by atoms with E-state index in [0.29, 0.717) is 5.69 Å². The number of carbonyl (C=O) groups is 2. The average molecular weight is 412 g/mol. The second-order valence-electron chi connectivity index (χ2n) is 6.25. The van der Waals surface area contributed by atoms with Crippen LogP contribution in [0, 0.1) is 0 Å². The molecule has 7 nitrogen and oxygen atoms in total. The molecule has 152 valence electrons. The zero-order valence-electron chi connectivity index (χ0n) is 15.3. The second-order valence-corrected chi connectivity index (χ2v) is 6.25. The number of nitrogens with one attached hydrogen (secondary N) is 1. The minimum absolute atomic E-state index is 0.142. The maximum Gasteiger partial charge on any atom is 0.586 e. The van der Waals surface area contributed by atoms with Crippen molar-refractivity contribution in [3.05, 3.63) is 66.4 Å². The lowest BCUT2D eigenvalue weighted by Gasteiger charge is -2.06. The molecule has 0 saturated heterocycles. The number of ether oxygens (including phenoxy) is 3. The first-order valence-electron chi connectivity index (χ1n) is 8.78. The number of fused-ring (bicyclic) bond motifs is 2. The molecule has 0 bridgehead atoms. The molecule has 0 spiro atoms. The minimum atomic E-state index is -3.74. The van der Waals surface area contributed by atoms with Crippen molar-refractivity contribution in [3.63, 3.8) is 0 Å². The van der Waals surface area contributed by atoms with Gasteiger partial charge in [-0.05, 0) is 30.3 Å². The fourth-order valence-electron chi connectivity index (χ4n) is 2.74. The highest BCUT2D eigenvalue weighted by atomic mass is 19.3. The third kappa shape index (κ3) is 4.52. The Morgan fingerprint density at radius 2 is 1.87 bits per heavy atom. The summed E-state index contributed by atoms with van der Waals surface area (Å²) in [5, 5.41) is 3.39. The van der Waals surface area contributed by atoms with Gasteiger partial charge in [0.05, 0.1) is 11.2 Å². The highest BCUT2D eigenvalue weighted by Gasteiger charge is 2.43. The van der Waals surface area contributed by atoms with Crippen LogP contribution in [0.15, 0.2) is 60.7 Å². The van der Waals surface area contributed by atoms with E-state index in [4.69, 9.17) is 4.74 Å². The lowest BCUT2D eigenvalue weighted by atomic mass is 10.2. The van der Waals surface area contributed by atoms with Crippen molar-refractivity contribution < 1.29 is 32.6 Å². The van der Waals surface area contributed by atoms with Gasteiger partial charge in [-0.2, -0.15) is 0 Å². The number of pyridine rings is 1. The van der Waals surface area contributed by atoms with Crippen LogP contribution in [0.3, 0.4) is 0 Å². The van der Waals surface area contributed by atoms with E-state index in [1.165, 1.54) is 24.3 Å². The Morgan fingerprint density at radius 1 is 1.07 bits per heavy atom. The fraction of sp³-hybridized carbons (Fsp3) is 0.0952. The van der Waals surface area contributed by atoms with Crippen molar-refractivity contribution in [2.24, 2.45) is 0 Å². The molecule has 0 radical (unpaired) electrons. The number of rotatable bonds is 5. The monoisotopic (exact) mass is 412 g/mol. The van der Waals surface area contributed by atoms with Gasteiger partial charge in [0.1, 0.15) is 0 Å². The molecule has 1 amide bonds. The summed E-state index contributed by atoms with van der Waals surface area (Å²) in [6.45, 7) is -0.557. The zero-order valence-corrected chi connectivity index (χ0v) is 15.3. The summed E-state index contributed by atoms with van der Waals surface area (Å²) >= 11 is 0. The predicted octanol–water partition coefficient (Wildman–Crippen LogP) is 3.75. The van der Waals surface area contributed by atoms with Crippen LogP contribution in [0.2, 0.25) is 0 Å². The second kappa shape index (κ2) is 7.78. The molecule has 0 unspecified atom stereocenters. The van der Waals surface area contributed by atoms with E-state index in [-0.39, 0.29) is 17.2 Å². The van der Waals surface area contributed by atoms with Gasteiger partial charge in [-0.25, -0.2) is 9.78 Å². The third-order valence-corrected chi connectivity index (χ3v) is 4.04. The van der Waals surface area contributed by atoms with Gasteiger partial charge in [0.2, 0.25) is 0 Å². The largest absolute Gasteiger partial charge is 0.586 e. The smallest absolute Gasteiger partial charge is 0.452 e. The van der Waals surface area contributed by atoms with Crippen LogP contribution < -0.4 is 14.8 Å². The number of anilines is 1. The van der Waals surface area contributed by atoms with Gasteiger partial charge < -0.3 is 19.5 Å². The van der Waals surface area contributed by atoms with Crippen molar-refractivity contribution in [3.8, 4) is 11.5 Å². The van der Waals surface area contributed by atoms with Gasteiger partial charge in [0.15, 0.2) is 18.1 Å². The molecular formula is C21H14F2N2O5. The summed E-state index contributed by atoms with van der Waals surface area (Å²) < 4.78 is 39.5. The highest BCUT2D eigenvalue weighted by molar-refractivity contribution is 5.95. The summed E-state index contributed by atoms with van der Waals surface area (Å²) in [5.74, 6) is -1.73. The molecule has 0 atom stereocenters. The fourth-order valence-corrected chi connectivity index (χ4v) is 2.74. The molecule has 1 N–H and O–H groups in total. The Kier molecular flexibility index (Phi) is 5.01. The van der Waals surface area contributed by atoms with Crippen molar-refractivity contribution in [2.75, 3.05) is 11.9 Å². The van der Waals surface area contributed by atoms with E-state index < -0.39 is 24.8 Å². The minimum Gasteiger partial charge on any atom is -0.452 e. The molecule has 2 heterocycles. The van der Waals surface area contributed by atoms with Gasteiger partial charge in [-0.1, -0.05) is 24.3 Å². The number of aromatic nitrogens is 1. The summed E-state index contributed by atoms with van der Waals surface area (Å²) in [6.07, 6.45) is -1.11. The maximum absolute atomic E-state index is 13.0. The number of carbonyl (C=O) groups excluding carboxylic acids is 2. The van der Waals surface area contributed by atoms with Crippen LogP contribution >= 0.6 is 0 Å². The number of esters is 1. The van der Waals surface area contributed by atoms with Gasteiger partial charge >= 0.3 is 12.3 Å². The van der Waals surface area contributed by atoms with Gasteiger partial charge in [-0.3, -0.25) is 4.79 Å². The van der Waals surface area contributed by atoms with Crippen molar-refractivity contribution in [1.29, 1.82) is 0 Å². The topological polar surface area (TPSA) is 86.8 Å². The van der Waals surface area contributed by atoms with Crippen molar-refractivity contribution in [1.82, 2.24) is 4.98 Å². The molecule has 1 aliphatic heterocycles. The van der Waals surface area contributed by atoms with Gasteiger partial charge in [0, 0.05) is 23.2 Å². The Morgan fingerprint density at radius 3 is 2.73 bits per heavy atom. The lowest BCUT2D eigenvalue weighted by Crippen LogP contribution is -2.25. The number of alkyl halides is 2. The van der Waals surface area contributed by atoms with E-state index in [0.717, 1.165) is 17.0 Å². The number of nitrogens with zero attached hydrogens (tertiary/aromatic N) is 1. The number of para-hydroxylation sites is 1. The molecule has 0 fully saturated rings. The first-order chi connectivity index (χ1) is 14.4. The number of benzene rings is 2. The Labute approximate surface area is 168 Å². The number of hydrogen-bond acceptors (Lipinski definition) is 6. The molecular weight excluding hydrogens is 398 g/mol. The van der Waals surface area contributed by atoms with Crippen LogP contribution in [-0.4, -0.2) is 29.8 Å². The van der Waals surface area contributed by atoms with Crippen molar-refractivity contribution in [2.45, 2.75) is 6.29 Å². The average Bonchev–Trinajstić information content (AvgIpc) is 3.03. The van der Waals surface area contributed by atoms with E-state index in [2.05, 4.69) is 19.8 Å². The molecule has 30 heavy (non-hydrogen) atoms. The maximum atomic E-state index is 13.0. The normalized spacial score (nSPS) is 14.1. The third-order valence-electron chi connectivity index (χ3n) is 4.04. The molecule has 1 aliphatic rings. The van der Waals surface area contributed by atoms with Gasteiger partial charge in [0.25, 0.3) is 5.91 Å². The SMILES string of the molecule is O=C(COC(=O)/C=C/c1ccc2ccccc2n1)Nc1ccc2c(c1)OC(F)(F)O2. The first-order valence-corrected chi connectivity index (χ1v) is 8.78. The number of halogens is 2. The molecule has 0 aliphatic carbocycles. The zero-order chi connectivity index (χ0) is 21.1. The van der Waals surface area contributed by atoms with Crippen LogP contribution in [0.4, 0.5) is 14.5 Å². The molecule has 1 aromatic heterocycles. The summed E-state index contributed by atoms with van der Waals surface area (Å²) in [4.78, 5) is 28.1. The lowest BCUT2D eigenvalue weighted by molar-refractivity contribution is -0.286. The Bertz CT molecular complexity index is 1160. The van der Waals surface area contributed by atoms with E-state index in [9.17, 15) is 18.4 Å². The standard InChI is InChI=1S/C21H14F2N2O5/c22-21(23)29-17-9-7-15(11-18(17)30-21)25-19(26)12-28-20(27)10-8-14-6-5-13-3-1-2-4-16(13)24-14/h1-11H,12H2,(H,25,26)/b10-8+. The predicted molar refractivity (Wildman–Crippen MR) is 103 cm³/mol. The molecule has 9 heteroatoms. The van der Waals surface area contributed by atoms with Crippen LogP contribution in [0.1, 0.15) is 5.69 Å². The summed E-state index contributed by atoms with van der Waals surface area (Å²) in [7, 11) is 0. The Balaban J connectivity index is 1.29. The summed E-state index contributed by atoms with van der Waals surface area (Å²) in [5.41, 5.74) is 1.54. The van der Waals surface area contributed by atoms with E-state index >= 15 is 0 Å². The van der Waals surface area contributed by atoms with E-state index in [1.54, 1.807) is 6.07 Å². The van der Waals surface area contributed by atoms with Crippen LogP contribution in [-0.2, 0) is 14.3 Å². The Hall–Kier alpha value is -4.01.